The van der Waals surface area contributed by atoms with E-state index >= 15 is 0 Å². The quantitative estimate of drug-likeness (QED) is 0.509. The zero-order chi connectivity index (χ0) is 21.8. The van der Waals surface area contributed by atoms with Crippen LogP contribution in [-0.4, -0.2) is 17.0 Å². The second kappa shape index (κ2) is 6.88. The van der Waals surface area contributed by atoms with Gasteiger partial charge >= 0.3 is 5.97 Å². The summed E-state index contributed by atoms with van der Waals surface area (Å²) in [5, 5.41) is 13.1. The van der Waals surface area contributed by atoms with Gasteiger partial charge in [-0.3, -0.25) is 4.79 Å². The fourth-order valence-corrected chi connectivity index (χ4v) is 4.43. The summed E-state index contributed by atoms with van der Waals surface area (Å²) in [6, 6.07) is 10.5. The molecule has 2 aromatic carbocycles. The first-order valence-electron chi connectivity index (χ1n) is 9.91. The Kier molecular flexibility index (Phi) is 4.70. The maximum Gasteiger partial charge on any atom is 0.374 e. The van der Waals surface area contributed by atoms with Crippen molar-refractivity contribution in [2.24, 2.45) is 0 Å². The molecular formula is C24H24ClNO4. The molecule has 30 heavy (non-hydrogen) atoms. The van der Waals surface area contributed by atoms with Crippen molar-refractivity contribution in [3.05, 3.63) is 63.9 Å². The van der Waals surface area contributed by atoms with Crippen molar-refractivity contribution in [3.8, 4) is 0 Å². The first-order chi connectivity index (χ1) is 14.0. The number of aromatic carboxylic acids is 1. The predicted molar refractivity (Wildman–Crippen MR) is 118 cm³/mol. The van der Waals surface area contributed by atoms with Crippen molar-refractivity contribution < 1.29 is 19.1 Å². The Morgan fingerprint density at radius 3 is 2.33 bits per heavy atom. The number of furan rings is 1. The highest BCUT2D eigenvalue weighted by molar-refractivity contribution is 6.31. The van der Waals surface area contributed by atoms with Crippen LogP contribution in [0.3, 0.4) is 0 Å². The van der Waals surface area contributed by atoms with E-state index in [1.807, 2.05) is 12.1 Å². The Morgan fingerprint density at radius 2 is 1.67 bits per heavy atom. The van der Waals surface area contributed by atoms with Gasteiger partial charge < -0.3 is 14.8 Å². The van der Waals surface area contributed by atoms with Gasteiger partial charge in [0.15, 0.2) is 0 Å². The molecule has 5 nitrogen and oxygen atoms in total. The molecule has 4 rings (SSSR count). The fraction of sp³-hybridized carbons (Fsp3) is 0.333. The number of halogens is 1. The molecule has 0 unspecified atom stereocenters. The van der Waals surface area contributed by atoms with Crippen molar-refractivity contribution in [2.75, 3.05) is 5.32 Å². The minimum Gasteiger partial charge on any atom is -0.475 e. The van der Waals surface area contributed by atoms with Gasteiger partial charge in [0.25, 0.3) is 5.91 Å². The van der Waals surface area contributed by atoms with E-state index in [9.17, 15) is 14.7 Å². The van der Waals surface area contributed by atoms with Crippen molar-refractivity contribution in [1.29, 1.82) is 0 Å². The van der Waals surface area contributed by atoms with E-state index in [4.69, 9.17) is 16.0 Å². The molecule has 156 valence electrons. The van der Waals surface area contributed by atoms with Crippen LogP contribution in [0.25, 0.3) is 11.0 Å². The summed E-state index contributed by atoms with van der Waals surface area (Å²) in [5.74, 6) is -1.96. The van der Waals surface area contributed by atoms with Gasteiger partial charge in [-0.2, -0.15) is 0 Å². The molecule has 0 atom stereocenters. The van der Waals surface area contributed by atoms with Gasteiger partial charge in [0, 0.05) is 16.0 Å². The Labute approximate surface area is 180 Å². The topological polar surface area (TPSA) is 79.5 Å². The van der Waals surface area contributed by atoms with Gasteiger partial charge in [-0.15, -0.1) is 0 Å². The monoisotopic (exact) mass is 425 g/mol. The summed E-state index contributed by atoms with van der Waals surface area (Å²) in [6.07, 6.45) is 2.12. The van der Waals surface area contributed by atoms with E-state index in [1.54, 1.807) is 24.3 Å². The average molecular weight is 426 g/mol. The summed E-state index contributed by atoms with van der Waals surface area (Å²) in [5.41, 5.74) is 3.36. The van der Waals surface area contributed by atoms with Crippen LogP contribution < -0.4 is 5.32 Å². The van der Waals surface area contributed by atoms with E-state index in [2.05, 4.69) is 33.0 Å². The number of anilines is 1. The number of nitrogens with one attached hydrogen (secondary N) is 1. The van der Waals surface area contributed by atoms with Crippen LogP contribution in [0.1, 0.15) is 72.6 Å². The number of hydrogen-bond acceptors (Lipinski definition) is 3. The molecule has 0 radical (unpaired) electrons. The lowest BCUT2D eigenvalue weighted by atomic mass is 9.63. The SMILES string of the molecule is CC1(C)CCC(C)(C)c2cc(C(=O)Nc3c(C(=O)O)oc4ccc(Cl)cc34)ccc21. The van der Waals surface area contributed by atoms with Crippen LogP contribution in [-0.2, 0) is 10.8 Å². The normalized spacial score (nSPS) is 16.8. The predicted octanol–water partition coefficient (Wildman–Crippen LogP) is 6.39. The van der Waals surface area contributed by atoms with E-state index < -0.39 is 5.97 Å². The largest absolute Gasteiger partial charge is 0.475 e. The molecule has 0 saturated carbocycles. The molecule has 1 heterocycles. The zero-order valence-corrected chi connectivity index (χ0v) is 18.2. The summed E-state index contributed by atoms with van der Waals surface area (Å²) in [7, 11) is 0. The van der Waals surface area contributed by atoms with Crippen molar-refractivity contribution in [1.82, 2.24) is 0 Å². The molecule has 1 amide bonds. The number of fused-ring (bicyclic) bond motifs is 2. The third kappa shape index (κ3) is 3.37. The summed E-state index contributed by atoms with van der Waals surface area (Å²) >= 11 is 6.07. The van der Waals surface area contributed by atoms with Crippen molar-refractivity contribution >= 4 is 40.1 Å². The molecule has 0 fully saturated rings. The van der Waals surface area contributed by atoms with Gasteiger partial charge in [0.1, 0.15) is 11.3 Å². The second-order valence-electron chi connectivity index (χ2n) is 9.23. The second-order valence-corrected chi connectivity index (χ2v) is 9.67. The number of carbonyl (C=O) groups is 2. The lowest BCUT2D eigenvalue weighted by Crippen LogP contribution is -2.34. The Morgan fingerprint density at radius 1 is 1.00 bits per heavy atom. The van der Waals surface area contributed by atoms with Gasteiger partial charge in [0.05, 0.1) is 0 Å². The lowest BCUT2D eigenvalue weighted by molar-refractivity contribution is 0.0666. The molecule has 1 aliphatic rings. The third-order valence-corrected chi connectivity index (χ3v) is 6.43. The van der Waals surface area contributed by atoms with Crippen LogP contribution in [0.15, 0.2) is 40.8 Å². The maximum absolute atomic E-state index is 13.1. The van der Waals surface area contributed by atoms with Gasteiger partial charge in [-0.25, -0.2) is 4.79 Å². The van der Waals surface area contributed by atoms with E-state index in [-0.39, 0.29) is 28.2 Å². The van der Waals surface area contributed by atoms with Crippen LogP contribution in [0, 0.1) is 0 Å². The molecule has 0 bridgehead atoms. The number of carboxylic acid groups (broad SMARTS) is 1. The number of amides is 1. The number of benzene rings is 2. The minimum atomic E-state index is -1.26. The first kappa shape index (κ1) is 20.5. The summed E-state index contributed by atoms with van der Waals surface area (Å²) < 4.78 is 5.43. The Bertz CT molecular complexity index is 1190. The summed E-state index contributed by atoms with van der Waals surface area (Å²) in [6.45, 7) is 8.83. The Hall–Kier alpha value is -2.79. The van der Waals surface area contributed by atoms with Crippen molar-refractivity contribution in [3.63, 3.8) is 0 Å². The van der Waals surface area contributed by atoms with Gasteiger partial charge in [-0.1, -0.05) is 45.4 Å². The molecule has 1 aromatic heterocycles. The molecular weight excluding hydrogens is 402 g/mol. The summed E-state index contributed by atoms with van der Waals surface area (Å²) in [4.78, 5) is 24.8. The van der Waals surface area contributed by atoms with Crippen LogP contribution in [0.4, 0.5) is 5.69 Å². The highest BCUT2D eigenvalue weighted by Gasteiger charge is 2.37. The number of carbonyl (C=O) groups excluding carboxylic acids is 1. The zero-order valence-electron chi connectivity index (χ0n) is 17.4. The number of carboxylic acids is 1. The van der Waals surface area contributed by atoms with Gasteiger partial charge in [0.2, 0.25) is 5.76 Å². The van der Waals surface area contributed by atoms with Crippen LogP contribution in [0.2, 0.25) is 5.02 Å². The molecule has 6 heteroatoms. The van der Waals surface area contributed by atoms with Gasteiger partial charge in [-0.05, 0) is 65.1 Å². The molecule has 0 saturated heterocycles. The van der Waals surface area contributed by atoms with Crippen LogP contribution in [0.5, 0.6) is 0 Å². The lowest BCUT2D eigenvalue weighted by Gasteiger charge is -2.42. The highest BCUT2D eigenvalue weighted by atomic mass is 35.5. The average Bonchev–Trinajstić information content (AvgIpc) is 3.03. The number of rotatable bonds is 3. The van der Waals surface area contributed by atoms with E-state index in [0.717, 1.165) is 18.4 Å². The highest BCUT2D eigenvalue weighted by Crippen LogP contribution is 2.46. The fourth-order valence-electron chi connectivity index (χ4n) is 4.26. The van der Waals surface area contributed by atoms with Crippen molar-refractivity contribution in [2.45, 2.75) is 51.4 Å². The molecule has 3 aromatic rings. The van der Waals surface area contributed by atoms with E-state index in [0.29, 0.717) is 21.6 Å². The third-order valence-electron chi connectivity index (χ3n) is 6.20. The molecule has 1 aliphatic carbocycles. The standard InChI is InChI=1S/C24H24ClNO4/c1-23(2)9-10-24(3,4)17-11-13(5-7-16(17)23)21(27)26-19-15-12-14(25)6-8-18(15)30-20(19)22(28)29/h5-8,11-12H,9-10H2,1-4H3,(H,26,27)(H,28,29). The first-order valence-corrected chi connectivity index (χ1v) is 10.3. The molecule has 0 aliphatic heterocycles. The Balaban J connectivity index is 1.76. The smallest absolute Gasteiger partial charge is 0.374 e. The number of hydrogen-bond donors (Lipinski definition) is 2. The molecule has 2 N–H and O–H groups in total. The van der Waals surface area contributed by atoms with Crippen LogP contribution >= 0.6 is 11.6 Å². The maximum atomic E-state index is 13.1. The van der Waals surface area contributed by atoms with E-state index in [1.165, 1.54) is 5.56 Å². The molecule has 0 spiro atoms. The minimum absolute atomic E-state index is 0.0385.